The Hall–Kier alpha value is -0.770. The zero-order valence-corrected chi connectivity index (χ0v) is 8.18. The lowest BCUT2D eigenvalue weighted by Crippen LogP contribution is -2.48. The maximum atomic E-state index is 11.0. The van der Waals surface area contributed by atoms with Gasteiger partial charge in [-0.3, -0.25) is 5.43 Å². The molecule has 2 unspecified atom stereocenters. The Morgan fingerprint density at radius 2 is 2.15 bits per heavy atom. The molecule has 13 heavy (non-hydrogen) atoms. The lowest BCUT2D eigenvalue weighted by atomic mass is 9.83. The van der Waals surface area contributed by atoms with Gasteiger partial charge in [0, 0.05) is 6.04 Å². The van der Waals surface area contributed by atoms with Gasteiger partial charge in [0.15, 0.2) is 0 Å². The quantitative estimate of drug-likeness (QED) is 0.343. The second-order valence-electron chi connectivity index (χ2n) is 3.68. The molecule has 0 aliphatic heterocycles. The molecule has 1 aliphatic rings. The number of hydrogen-bond acceptors (Lipinski definition) is 2. The lowest BCUT2D eigenvalue weighted by molar-refractivity contribution is 0.216. The second kappa shape index (κ2) is 5.07. The number of nitrogens with two attached hydrogens (primary N) is 1. The van der Waals surface area contributed by atoms with Gasteiger partial charge in [0.25, 0.3) is 0 Å². The Morgan fingerprint density at radius 1 is 1.46 bits per heavy atom. The highest BCUT2D eigenvalue weighted by Crippen LogP contribution is 2.26. The van der Waals surface area contributed by atoms with E-state index in [0.29, 0.717) is 12.0 Å². The average Bonchev–Trinajstić information content (AvgIpc) is 2.18. The van der Waals surface area contributed by atoms with E-state index in [0.717, 1.165) is 12.8 Å². The van der Waals surface area contributed by atoms with Crippen molar-refractivity contribution in [2.24, 2.45) is 11.8 Å². The third-order valence-electron chi connectivity index (χ3n) is 2.88. The van der Waals surface area contributed by atoms with E-state index >= 15 is 0 Å². The standard InChI is InChI=1S/C9H19N3O/c1-2-7-5-3-4-6-8(7)11-9(13)12-10/h7-8H,2-6,10H2,1H3,(H2,11,12,13). The first kappa shape index (κ1) is 10.3. The van der Waals surface area contributed by atoms with E-state index in [-0.39, 0.29) is 6.03 Å². The lowest BCUT2D eigenvalue weighted by Gasteiger charge is -2.31. The summed E-state index contributed by atoms with van der Waals surface area (Å²) in [5.41, 5.74) is 2.11. The van der Waals surface area contributed by atoms with E-state index in [2.05, 4.69) is 17.7 Å². The summed E-state index contributed by atoms with van der Waals surface area (Å²) in [5, 5.41) is 2.89. The van der Waals surface area contributed by atoms with Crippen LogP contribution in [0, 0.1) is 5.92 Å². The first-order chi connectivity index (χ1) is 6.27. The number of carbonyl (C=O) groups is 1. The number of hydrazine groups is 1. The molecule has 4 nitrogen and oxygen atoms in total. The zero-order valence-electron chi connectivity index (χ0n) is 8.18. The van der Waals surface area contributed by atoms with Gasteiger partial charge in [-0.2, -0.15) is 0 Å². The molecular formula is C9H19N3O. The highest BCUT2D eigenvalue weighted by Gasteiger charge is 2.24. The van der Waals surface area contributed by atoms with Crippen molar-refractivity contribution < 1.29 is 4.79 Å². The van der Waals surface area contributed by atoms with Crippen LogP contribution in [-0.4, -0.2) is 12.1 Å². The van der Waals surface area contributed by atoms with E-state index in [1.54, 1.807) is 0 Å². The molecule has 76 valence electrons. The SMILES string of the molecule is CCC1CCCCC1NC(=O)NN. The molecule has 2 atom stereocenters. The minimum absolute atomic E-state index is 0.259. The van der Waals surface area contributed by atoms with E-state index < -0.39 is 0 Å². The maximum Gasteiger partial charge on any atom is 0.329 e. The molecule has 0 radical (unpaired) electrons. The van der Waals surface area contributed by atoms with Crippen LogP contribution in [0.4, 0.5) is 4.79 Å². The summed E-state index contributed by atoms with van der Waals surface area (Å²) >= 11 is 0. The molecule has 0 aromatic rings. The van der Waals surface area contributed by atoms with Gasteiger partial charge in [-0.15, -0.1) is 0 Å². The van der Waals surface area contributed by atoms with Crippen LogP contribution in [0.1, 0.15) is 39.0 Å². The Balaban J connectivity index is 2.40. The summed E-state index contributed by atoms with van der Waals surface area (Å²) in [6, 6.07) is 0.0626. The molecule has 2 amide bonds. The summed E-state index contributed by atoms with van der Waals surface area (Å²) in [7, 11) is 0. The van der Waals surface area contributed by atoms with Crippen LogP contribution in [-0.2, 0) is 0 Å². The van der Waals surface area contributed by atoms with Crippen molar-refractivity contribution in [3.05, 3.63) is 0 Å². The van der Waals surface area contributed by atoms with E-state index in [4.69, 9.17) is 5.84 Å². The van der Waals surface area contributed by atoms with Gasteiger partial charge in [-0.25, -0.2) is 10.6 Å². The summed E-state index contributed by atoms with van der Waals surface area (Å²) in [5.74, 6) is 5.64. The van der Waals surface area contributed by atoms with Crippen molar-refractivity contribution in [2.45, 2.75) is 45.1 Å². The summed E-state index contributed by atoms with van der Waals surface area (Å²) in [4.78, 5) is 11.0. The normalized spacial score (nSPS) is 28.2. The van der Waals surface area contributed by atoms with E-state index in [1.165, 1.54) is 19.3 Å². The molecule has 4 N–H and O–H groups in total. The fourth-order valence-electron chi connectivity index (χ4n) is 2.10. The Morgan fingerprint density at radius 3 is 2.77 bits per heavy atom. The van der Waals surface area contributed by atoms with Crippen molar-refractivity contribution in [3.63, 3.8) is 0 Å². The minimum atomic E-state index is -0.259. The van der Waals surface area contributed by atoms with Crippen molar-refractivity contribution in [1.29, 1.82) is 0 Å². The van der Waals surface area contributed by atoms with Gasteiger partial charge < -0.3 is 5.32 Å². The summed E-state index contributed by atoms with van der Waals surface area (Å²) in [6.45, 7) is 2.17. The number of urea groups is 1. The first-order valence-corrected chi connectivity index (χ1v) is 5.05. The highest BCUT2D eigenvalue weighted by atomic mass is 16.2. The third kappa shape index (κ3) is 2.88. The van der Waals surface area contributed by atoms with Crippen molar-refractivity contribution in [3.8, 4) is 0 Å². The Labute approximate surface area is 79.2 Å². The predicted molar refractivity (Wildman–Crippen MR) is 51.9 cm³/mol. The highest BCUT2D eigenvalue weighted by molar-refractivity contribution is 5.73. The maximum absolute atomic E-state index is 11.0. The molecule has 0 aromatic heterocycles. The van der Waals surface area contributed by atoms with E-state index in [9.17, 15) is 4.79 Å². The largest absolute Gasteiger partial charge is 0.334 e. The fourth-order valence-corrected chi connectivity index (χ4v) is 2.10. The average molecular weight is 185 g/mol. The molecule has 1 rings (SSSR count). The number of hydrogen-bond donors (Lipinski definition) is 3. The van der Waals surface area contributed by atoms with Crippen LogP contribution >= 0.6 is 0 Å². The Bertz CT molecular complexity index is 172. The molecule has 0 bridgehead atoms. The van der Waals surface area contributed by atoms with Crippen LogP contribution in [0.2, 0.25) is 0 Å². The molecule has 0 spiro atoms. The minimum Gasteiger partial charge on any atom is -0.334 e. The first-order valence-electron chi connectivity index (χ1n) is 5.05. The van der Waals surface area contributed by atoms with Gasteiger partial charge in [-0.05, 0) is 18.8 Å². The van der Waals surface area contributed by atoms with Gasteiger partial charge in [0.05, 0.1) is 0 Å². The predicted octanol–water partition coefficient (Wildman–Crippen LogP) is 1.13. The van der Waals surface area contributed by atoms with Gasteiger partial charge in [-0.1, -0.05) is 26.2 Å². The van der Waals surface area contributed by atoms with Gasteiger partial charge in [0.2, 0.25) is 0 Å². The van der Waals surface area contributed by atoms with Crippen LogP contribution in [0.5, 0.6) is 0 Å². The fraction of sp³-hybridized carbons (Fsp3) is 0.889. The monoisotopic (exact) mass is 185 g/mol. The van der Waals surface area contributed by atoms with Crippen molar-refractivity contribution in [1.82, 2.24) is 10.7 Å². The van der Waals surface area contributed by atoms with Crippen LogP contribution < -0.4 is 16.6 Å². The molecule has 0 heterocycles. The number of nitrogens with one attached hydrogen (secondary N) is 2. The molecule has 1 saturated carbocycles. The second-order valence-corrected chi connectivity index (χ2v) is 3.68. The summed E-state index contributed by atoms with van der Waals surface area (Å²) in [6.07, 6.45) is 5.96. The van der Waals surface area contributed by atoms with Crippen molar-refractivity contribution >= 4 is 6.03 Å². The van der Waals surface area contributed by atoms with Gasteiger partial charge in [0.1, 0.15) is 0 Å². The van der Waals surface area contributed by atoms with E-state index in [1.807, 2.05) is 0 Å². The molecular weight excluding hydrogens is 166 g/mol. The van der Waals surface area contributed by atoms with Gasteiger partial charge >= 0.3 is 6.03 Å². The number of carbonyl (C=O) groups excluding carboxylic acids is 1. The molecule has 4 heteroatoms. The molecule has 1 aliphatic carbocycles. The topological polar surface area (TPSA) is 67.2 Å². The van der Waals surface area contributed by atoms with Crippen LogP contribution in [0.25, 0.3) is 0 Å². The van der Waals surface area contributed by atoms with Crippen LogP contribution in [0.3, 0.4) is 0 Å². The number of rotatable bonds is 2. The smallest absolute Gasteiger partial charge is 0.329 e. The van der Waals surface area contributed by atoms with Crippen LogP contribution in [0.15, 0.2) is 0 Å². The zero-order chi connectivity index (χ0) is 9.68. The third-order valence-corrected chi connectivity index (χ3v) is 2.88. The summed E-state index contributed by atoms with van der Waals surface area (Å²) < 4.78 is 0. The number of amides is 2. The molecule has 0 aromatic carbocycles. The molecule has 1 fully saturated rings. The molecule has 0 saturated heterocycles. The van der Waals surface area contributed by atoms with Crippen molar-refractivity contribution in [2.75, 3.05) is 0 Å². The Kier molecular flexibility index (Phi) is 4.02.